The van der Waals surface area contributed by atoms with Crippen LogP contribution in [0.3, 0.4) is 0 Å². The zero-order valence-electron chi connectivity index (χ0n) is 17.3. The molecule has 0 fully saturated rings. The van der Waals surface area contributed by atoms with Crippen LogP contribution in [0.25, 0.3) is 0 Å². The zero-order chi connectivity index (χ0) is 18.8. The molecule has 1 aliphatic carbocycles. The maximum atomic E-state index is 10.8. The summed E-state index contributed by atoms with van der Waals surface area (Å²) in [6, 6.07) is 4.20. The van der Waals surface area contributed by atoms with E-state index in [1.54, 1.807) is 0 Å². The SMILES string of the molecule is CCCCCC(C)C(C)c1cc(O)c2c(c1)OC1=C(C(C)CCC1)C2C. The molecular formula is C24H36O2. The summed E-state index contributed by atoms with van der Waals surface area (Å²) in [5.74, 6) is 4.35. The van der Waals surface area contributed by atoms with Crippen molar-refractivity contribution in [2.75, 3.05) is 0 Å². The first-order chi connectivity index (χ1) is 12.4. The third-order valence-corrected chi connectivity index (χ3v) is 6.81. The smallest absolute Gasteiger partial charge is 0.134 e. The zero-order valence-corrected chi connectivity index (χ0v) is 17.3. The highest BCUT2D eigenvalue weighted by Gasteiger charge is 2.34. The van der Waals surface area contributed by atoms with Gasteiger partial charge in [-0.1, -0.05) is 60.3 Å². The Hall–Kier alpha value is -1.44. The molecule has 2 aliphatic rings. The molecule has 26 heavy (non-hydrogen) atoms. The highest BCUT2D eigenvalue weighted by atomic mass is 16.5. The van der Waals surface area contributed by atoms with Crippen molar-refractivity contribution in [2.45, 2.75) is 91.4 Å². The number of phenols is 1. The fourth-order valence-electron chi connectivity index (χ4n) is 4.92. The molecule has 4 atom stereocenters. The highest BCUT2D eigenvalue weighted by molar-refractivity contribution is 5.56. The third-order valence-electron chi connectivity index (χ3n) is 6.81. The van der Waals surface area contributed by atoms with Crippen LogP contribution in [0.5, 0.6) is 11.5 Å². The second-order valence-corrected chi connectivity index (χ2v) is 8.71. The van der Waals surface area contributed by atoms with Crippen molar-refractivity contribution >= 4 is 0 Å². The number of hydrogen-bond donors (Lipinski definition) is 1. The van der Waals surface area contributed by atoms with Crippen LogP contribution in [-0.4, -0.2) is 5.11 Å². The topological polar surface area (TPSA) is 29.5 Å². The molecule has 1 aliphatic heterocycles. The molecule has 2 heteroatoms. The average Bonchev–Trinajstić information content (AvgIpc) is 2.60. The number of benzene rings is 1. The van der Waals surface area contributed by atoms with Gasteiger partial charge in [-0.15, -0.1) is 0 Å². The first kappa shape index (κ1) is 19.3. The Balaban J connectivity index is 1.86. The van der Waals surface area contributed by atoms with Gasteiger partial charge in [0, 0.05) is 17.9 Å². The van der Waals surface area contributed by atoms with E-state index in [0.717, 1.165) is 17.7 Å². The van der Waals surface area contributed by atoms with Crippen LogP contribution in [0.4, 0.5) is 0 Å². The minimum Gasteiger partial charge on any atom is -0.507 e. The van der Waals surface area contributed by atoms with E-state index in [4.69, 9.17) is 4.74 Å². The third kappa shape index (κ3) is 3.66. The Morgan fingerprint density at radius 1 is 1.19 bits per heavy atom. The lowest BCUT2D eigenvalue weighted by Crippen LogP contribution is -2.22. The summed E-state index contributed by atoms with van der Waals surface area (Å²) in [6.45, 7) is 11.4. The number of phenolic OH excluding ortho intramolecular Hbond substituents is 1. The molecule has 4 unspecified atom stereocenters. The van der Waals surface area contributed by atoms with Crippen molar-refractivity contribution in [1.29, 1.82) is 0 Å². The van der Waals surface area contributed by atoms with Crippen molar-refractivity contribution in [3.63, 3.8) is 0 Å². The summed E-state index contributed by atoms with van der Waals surface area (Å²) >= 11 is 0. The fourth-order valence-corrected chi connectivity index (χ4v) is 4.92. The van der Waals surface area contributed by atoms with E-state index >= 15 is 0 Å². The minimum absolute atomic E-state index is 0.260. The van der Waals surface area contributed by atoms with E-state index in [0.29, 0.717) is 23.5 Å². The lowest BCUT2D eigenvalue weighted by molar-refractivity contribution is 0.316. The van der Waals surface area contributed by atoms with Crippen LogP contribution in [0.2, 0.25) is 0 Å². The maximum absolute atomic E-state index is 10.8. The predicted molar refractivity (Wildman–Crippen MR) is 109 cm³/mol. The molecule has 1 N–H and O–H groups in total. The first-order valence-electron chi connectivity index (χ1n) is 10.7. The van der Waals surface area contributed by atoms with Gasteiger partial charge in [0.2, 0.25) is 0 Å². The van der Waals surface area contributed by atoms with Gasteiger partial charge in [-0.3, -0.25) is 0 Å². The largest absolute Gasteiger partial charge is 0.507 e. The number of hydrogen-bond acceptors (Lipinski definition) is 2. The van der Waals surface area contributed by atoms with Gasteiger partial charge in [0.15, 0.2) is 0 Å². The molecular weight excluding hydrogens is 320 g/mol. The molecule has 0 saturated heterocycles. The molecule has 2 nitrogen and oxygen atoms in total. The van der Waals surface area contributed by atoms with Gasteiger partial charge >= 0.3 is 0 Å². The number of aromatic hydroxyl groups is 1. The van der Waals surface area contributed by atoms with Gasteiger partial charge in [-0.05, 0) is 53.9 Å². The van der Waals surface area contributed by atoms with E-state index in [1.165, 1.54) is 55.4 Å². The van der Waals surface area contributed by atoms with Crippen molar-refractivity contribution < 1.29 is 9.84 Å². The van der Waals surface area contributed by atoms with Crippen molar-refractivity contribution in [3.8, 4) is 11.5 Å². The summed E-state index contributed by atoms with van der Waals surface area (Å²) < 4.78 is 6.35. The summed E-state index contributed by atoms with van der Waals surface area (Å²) in [7, 11) is 0. The van der Waals surface area contributed by atoms with E-state index in [-0.39, 0.29) is 5.92 Å². The number of allylic oxidation sites excluding steroid dienone is 2. The predicted octanol–water partition coefficient (Wildman–Crippen LogP) is 7.28. The molecule has 0 aromatic heterocycles. The molecule has 144 valence electrons. The van der Waals surface area contributed by atoms with Crippen molar-refractivity contribution in [2.24, 2.45) is 11.8 Å². The normalized spacial score (nSPS) is 24.5. The highest BCUT2D eigenvalue weighted by Crippen LogP contribution is 2.50. The van der Waals surface area contributed by atoms with Crippen LogP contribution < -0.4 is 4.74 Å². The minimum atomic E-state index is 0.260. The Kier molecular flexibility index (Phi) is 5.99. The van der Waals surface area contributed by atoms with Gasteiger partial charge in [-0.2, -0.15) is 0 Å². The number of fused-ring (bicyclic) bond motifs is 1. The number of ether oxygens (including phenoxy) is 1. The molecule has 0 bridgehead atoms. The Morgan fingerprint density at radius 2 is 1.96 bits per heavy atom. The molecule has 1 aromatic carbocycles. The average molecular weight is 357 g/mol. The Bertz CT molecular complexity index is 673. The van der Waals surface area contributed by atoms with E-state index in [9.17, 15) is 5.11 Å². The van der Waals surface area contributed by atoms with Gasteiger partial charge in [0.25, 0.3) is 0 Å². The standard InChI is InChI=1S/C24H36O2/c1-6-7-8-10-15(2)17(4)19-13-20(25)24-18(5)23-16(3)11-9-12-21(23)26-22(24)14-19/h13-18,25H,6-12H2,1-5H3. The molecule has 0 spiro atoms. The summed E-state index contributed by atoms with van der Waals surface area (Å²) in [4.78, 5) is 0. The van der Waals surface area contributed by atoms with Crippen LogP contribution in [0.1, 0.15) is 103 Å². The summed E-state index contributed by atoms with van der Waals surface area (Å²) in [5.41, 5.74) is 3.62. The molecule has 0 saturated carbocycles. The number of rotatable bonds is 6. The van der Waals surface area contributed by atoms with E-state index in [1.807, 2.05) is 6.07 Å². The van der Waals surface area contributed by atoms with Crippen molar-refractivity contribution in [3.05, 3.63) is 34.6 Å². The van der Waals surface area contributed by atoms with E-state index in [2.05, 4.69) is 40.7 Å². The van der Waals surface area contributed by atoms with Gasteiger partial charge < -0.3 is 9.84 Å². The second-order valence-electron chi connectivity index (χ2n) is 8.71. The molecule has 1 heterocycles. The fraction of sp³-hybridized carbons (Fsp3) is 0.667. The lowest BCUT2D eigenvalue weighted by atomic mass is 9.76. The maximum Gasteiger partial charge on any atom is 0.134 e. The van der Waals surface area contributed by atoms with Crippen molar-refractivity contribution in [1.82, 2.24) is 0 Å². The first-order valence-corrected chi connectivity index (χ1v) is 10.7. The lowest BCUT2D eigenvalue weighted by Gasteiger charge is -2.36. The van der Waals surface area contributed by atoms with Crippen LogP contribution in [0, 0.1) is 11.8 Å². The summed E-state index contributed by atoms with van der Waals surface area (Å²) in [6.07, 6.45) is 8.59. The second kappa shape index (κ2) is 8.06. The van der Waals surface area contributed by atoms with Crippen LogP contribution in [0.15, 0.2) is 23.5 Å². The summed E-state index contributed by atoms with van der Waals surface area (Å²) in [5, 5.41) is 10.8. The van der Waals surface area contributed by atoms with E-state index < -0.39 is 0 Å². The quantitative estimate of drug-likeness (QED) is 0.542. The Morgan fingerprint density at radius 3 is 2.69 bits per heavy atom. The molecule has 0 radical (unpaired) electrons. The van der Waals surface area contributed by atoms with Crippen LogP contribution in [-0.2, 0) is 0 Å². The molecule has 1 aromatic rings. The monoisotopic (exact) mass is 356 g/mol. The molecule has 3 rings (SSSR count). The van der Waals surface area contributed by atoms with Gasteiger partial charge in [0.1, 0.15) is 17.3 Å². The van der Waals surface area contributed by atoms with Gasteiger partial charge in [0.05, 0.1) is 0 Å². The van der Waals surface area contributed by atoms with Crippen LogP contribution >= 0.6 is 0 Å². The number of unbranched alkanes of at least 4 members (excludes halogenated alkanes) is 2. The molecule has 0 amide bonds. The Labute approximate surface area is 159 Å². The van der Waals surface area contributed by atoms with Gasteiger partial charge in [-0.25, -0.2) is 0 Å².